The Morgan fingerprint density at radius 3 is 1.86 bits per heavy atom. The Morgan fingerprint density at radius 1 is 0.821 bits per heavy atom. The average Bonchev–Trinajstić information content (AvgIpc) is 2.68. The third-order valence-corrected chi connectivity index (χ3v) is 5.20. The van der Waals surface area contributed by atoms with Crippen molar-refractivity contribution < 1.29 is 19.1 Å². The molecule has 4 nitrogen and oxygen atoms in total. The molecular formula is C24H44O4. The van der Waals surface area contributed by atoms with Crippen LogP contribution in [0.3, 0.4) is 0 Å². The van der Waals surface area contributed by atoms with E-state index in [1.807, 2.05) is 6.92 Å². The van der Waals surface area contributed by atoms with Crippen molar-refractivity contribution in [3.05, 3.63) is 12.2 Å². The highest BCUT2D eigenvalue weighted by molar-refractivity contribution is 5.74. The van der Waals surface area contributed by atoms with Gasteiger partial charge in [-0.15, -0.1) is 0 Å². The van der Waals surface area contributed by atoms with Gasteiger partial charge in [0.2, 0.25) is 0 Å². The Kier molecular flexibility index (Phi) is 18.1. The molecule has 0 amide bonds. The number of carbonyl (C=O) groups excluding carboxylic acids is 2. The number of hydrogen-bond donors (Lipinski definition) is 0. The van der Waals surface area contributed by atoms with Gasteiger partial charge in [-0.25, -0.2) is 0 Å². The van der Waals surface area contributed by atoms with Crippen LogP contribution in [0.1, 0.15) is 111 Å². The number of hydrogen-bond acceptors (Lipinski definition) is 4. The fourth-order valence-corrected chi connectivity index (χ4v) is 3.53. The van der Waals surface area contributed by atoms with Crippen molar-refractivity contribution in [2.75, 3.05) is 7.11 Å². The summed E-state index contributed by atoms with van der Waals surface area (Å²) in [6, 6.07) is 0. The number of carbonyl (C=O) groups is 2. The maximum absolute atomic E-state index is 12.0. The van der Waals surface area contributed by atoms with Gasteiger partial charge in [0.1, 0.15) is 6.10 Å². The first kappa shape index (κ1) is 26.7. The molecule has 0 bridgehead atoms. The lowest BCUT2D eigenvalue weighted by Gasteiger charge is -2.23. The molecule has 2 unspecified atom stereocenters. The fourth-order valence-electron chi connectivity index (χ4n) is 3.53. The second-order valence-corrected chi connectivity index (χ2v) is 7.71. The van der Waals surface area contributed by atoms with Crippen molar-refractivity contribution >= 4 is 11.9 Å². The SMILES string of the molecule is CCCCCCCC/C=C\CCCCCCC(C(=O)OC)C(CC)OC(C)=O. The molecule has 164 valence electrons. The van der Waals surface area contributed by atoms with Gasteiger partial charge in [0, 0.05) is 6.92 Å². The fraction of sp³-hybridized carbons (Fsp3) is 0.833. The van der Waals surface area contributed by atoms with Crippen molar-refractivity contribution in [3.63, 3.8) is 0 Å². The van der Waals surface area contributed by atoms with Gasteiger partial charge in [0.05, 0.1) is 13.0 Å². The zero-order valence-electron chi connectivity index (χ0n) is 18.8. The molecule has 0 saturated heterocycles. The highest BCUT2D eigenvalue weighted by atomic mass is 16.6. The Morgan fingerprint density at radius 2 is 1.36 bits per heavy atom. The first-order chi connectivity index (χ1) is 13.6. The van der Waals surface area contributed by atoms with Crippen LogP contribution in [0.5, 0.6) is 0 Å². The van der Waals surface area contributed by atoms with E-state index in [4.69, 9.17) is 9.47 Å². The topological polar surface area (TPSA) is 52.6 Å². The Hall–Kier alpha value is -1.32. The molecule has 0 rings (SSSR count). The molecule has 0 aromatic heterocycles. The van der Waals surface area contributed by atoms with E-state index in [-0.39, 0.29) is 24.0 Å². The van der Waals surface area contributed by atoms with E-state index in [1.54, 1.807) is 0 Å². The zero-order chi connectivity index (χ0) is 21.0. The largest absolute Gasteiger partial charge is 0.469 e. The standard InChI is InChI=1S/C24H44O4/c1-5-7-8-9-10-11-12-13-14-15-16-17-18-19-20-22(24(26)27-4)23(6-2)28-21(3)25/h13-14,22-23H,5-12,15-20H2,1-4H3/b14-13-. The number of methoxy groups -OCH3 is 1. The maximum Gasteiger partial charge on any atom is 0.312 e. The summed E-state index contributed by atoms with van der Waals surface area (Å²) in [6.07, 6.45) is 20.5. The first-order valence-electron chi connectivity index (χ1n) is 11.5. The van der Waals surface area contributed by atoms with Crippen LogP contribution in [0.2, 0.25) is 0 Å². The second-order valence-electron chi connectivity index (χ2n) is 7.71. The number of esters is 2. The molecule has 28 heavy (non-hydrogen) atoms. The Bertz CT molecular complexity index is 417. The second kappa shape index (κ2) is 19.0. The average molecular weight is 397 g/mol. The molecule has 0 fully saturated rings. The summed E-state index contributed by atoms with van der Waals surface area (Å²) in [5.41, 5.74) is 0. The van der Waals surface area contributed by atoms with Crippen LogP contribution in [0.4, 0.5) is 0 Å². The first-order valence-corrected chi connectivity index (χ1v) is 11.5. The summed E-state index contributed by atoms with van der Waals surface area (Å²) in [7, 11) is 1.40. The zero-order valence-corrected chi connectivity index (χ0v) is 18.8. The van der Waals surface area contributed by atoms with Crippen LogP contribution < -0.4 is 0 Å². The van der Waals surface area contributed by atoms with Crippen LogP contribution in [0.15, 0.2) is 12.2 Å². The summed E-state index contributed by atoms with van der Waals surface area (Å²) >= 11 is 0. The van der Waals surface area contributed by atoms with Crippen molar-refractivity contribution in [1.82, 2.24) is 0 Å². The van der Waals surface area contributed by atoms with E-state index >= 15 is 0 Å². The van der Waals surface area contributed by atoms with Crippen molar-refractivity contribution in [1.29, 1.82) is 0 Å². The lowest BCUT2D eigenvalue weighted by Crippen LogP contribution is -2.32. The third kappa shape index (κ3) is 14.7. The van der Waals surface area contributed by atoms with E-state index in [0.717, 1.165) is 19.3 Å². The lowest BCUT2D eigenvalue weighted by molar-refractivity contribution is -0.159. The predicted molar refractivity (Wildman–Crippen MR) is 116 cm³/mol. The molecule has 0 spiro atoms. The van der Waals surface area contributed by atoms with Gasteiger partial charge in [0.25, 0.3) is 0 Å². The van der Waals surface area contributed by atoms with Gasteiger partial charge in [-0.1, -0.05) is 77.4 Å². The highest BCUT2D eigenvalue weighted by Crippen LogP contribution is 2.21. The highest BCUT2D eigenvalue weighted by Gasteiger charge is 2.29. The molecular weight excluding hydrogens is 352 g/mol. The molecule has 0 radical (unpaired) electrons. The number of allylic oxidation sites excluding steroid dienone is 2. The summed E-state index contributed by atoms with van der Waals surface area (Å²) < 4.78 is 10.2. The summed E-state index contributed by atoms with van der Waals surface area (Å²) in [5.74, 6) is -0.963. The number of rotatable bonds is 18. The molecule has 0 aromatic rings. The maximum atomic E-state index is 12.0. The molecule has 0 aliphatic heterocycles. The van der Waals surface area contributed by atoms with Crippen LogP contribution in [-0.2, 0) is 19.1 Å². The molecule has 0 saturated carbocycles. The normalized spacial score (nSPS) is 13.4. The van der Waals surface area contributed by atoms with E-state index in [1.165, 1.54) is 71.8 Å². The molecule has 0 aliphatic rings. The number of unbranched alkanes of at least 4 members (excludes halogenated alkanes) is 10. The van der Waals surface area contributed by atoms with Crippen LogP contribution >= 0.6 is 0 Å². The quantitative estimate of drug-likeness (QED) is 0.146. The Labute approximate surface area is 173 Å². The van der Waals surface area contributed by atoms with Gasteiger partial charge in [-0.2, -0.15) is 0 Å². The van der Waals surface area contributed by atoms with E-state index in [0.29, 0.717) is 12.8 Å². The van der Waals surface area contributed by atoms with E-state index < -0.39 is 0 Å². The molecule has 0 aliphatic carbocycles. The van der Waals surface area contributed by atoms with Crippen LogP contribution in [0.25, 0.3) is 0 Å². The summed E-state index contributed by atoms with van der Waals surface area (Å²) in [4.78, 5) is 23.3. The number of ether oxygens (including phenoxy) is 2. The third-order valence-electron chi connectivity index (χ3n) is 5.20. The predicted octanol–water partition coefficient (Wildman–Crippen LogP) is 6.76. The van der Waals surface area contributed by atoms with E-state index in [2.05, 4.69) is 19.1 Å². The lowest BCUT2D eigenvalue weighted by atomic mass is 9.93. The van der Waals surface area contributed by atoms with Crippen molar-refractivity contribution in [2.45, 2.75) is 117 Å². The minimum absolute atomic E-state index is 0.272. The molecule has 4 heteroatoms. The van der Waals surface area contributed by atoms with Crippen LogP contribution in [-0.4, -0.2) is 25.2 Å². The minimum Gasteiger partial charge on any atom is -0.469 e. The van der Waals surface area contributed by atoms with E-state index in [9.17, 15) is 9.59 Å². The van der Waals surface area contributed by atoms with Gasteiger partial charge < -0.3 is 9.47 Å². The molecule has 0 aromatic carbocycles. The van der Waals surface area contributed by atoms with Gasteiger partial charge in [-0.3, -0.25) is 9.59 Å². The molecule has 0 heterocycles. The molecule has 0 N–H and O–H groups in total. The summed E-state index contributed by atoms with van der Waals surface area (Å²) in [6.45, 7) is 5.57. The smallest absolute Gasteiger partial charge is 0.312 e. The van der Waals surface area contributed by atoms with Crippen molar-refractivity contribution in [3.8, 4) is 0 Å². The van der Waals surface area contributed by atoms with Crippen LogP contribution in [0, 0.1) is 5.92 Å². The van der Waals surface area contributed by atoms with Gasteiger partial charge in [0.15, 0.2) is 0 Å². The Balaban J connectivity index is 3.83. The summed E-state index contributed by atoms with van der Waals surface area (Å²) in [5, 5.41) is 0. The van der Waals surface area contributed by atoms with Gasteiger partial charge in [-0.05, 0) is 38.5 Å². The van der Waals surface area contributed by atoms with Crippen molar-refractivity contribution in [2.24, 2.45) is 5.92 Å². The monoisotopic (exact) mass is 396 g/mol. The van der Waals surface area contributed by atoms with Gasteiger partial charge >= 0.3 is 11.9 Å². The molecule has 2 atom stereocenters. The minimum atomic E-state index is -0.380.